The van der Waals surface area contributed by atoms with Crippen molar-refractivity contribution in [3.8, 4) is 0 Å². The Kier molecular flexibility index (Phi) is 7.94. The summed E-state index contributed by atoms with van der Waals surface area (Å²) in [7, 11) is 0. The molecule has 0 saturated carbocycles. The van der Waals surface area contributed by atoms with Gasteiger partial charge in [0.25, 0.3) is 0 Å². The summed E-state index contributed by atoms with van der Waals surface area (Å²) in [6, 6.07) is 16.0. The minimum Gasteiger partial charge on any atom is -0.325 e. The molecule has 0 spiro atoms. The van der Waals surface area contributed by atoms with E-state index in [1.807, 2.05) is 48.2 Å². The second-order valence-corrected chi connectivity index (χ2v) is 9.57. The number of halogens is 1. The summed E-state index contributed by atoms with van der Waals surface area (Å²) in [6.45, 7) is 5.30. The SMILES string of the molecule is CC(SCC(=O)Nc1cccc(CN2CCSCC2)c1)c1ccccc1Cl. The molecule has 2 aromatic carbocycles. The highest BCUT2D eigenvalue weighted by atomic mass is 35.5. The van der Waals surface area contributed by atoms with Gasteiger partial charge in [0.15, 0.2) is 0 Å². The minimum atomic E-state index is 0.0189. The lowest BCUT2D eigenvalue weighted by atomic mass is 10.2. The number of nitrogens with zero attached hydrogens (tertiary/aromatic N) is 1. The Labute approximate surface area is 175 Å². The molecule has 0 aliphatic carbocycles. The first-order chi connectivity index (χ1) is 13.1. The van der Waals surface area contributed by atoms with Gasteiger partial charge in [-0.05, 0) is 36.2 Å². The van der Waals surface area contributed by atoms with Gasteiger partial charge in [-0.3, -0.25) is 9.69 Å². The van der Waals surface area contributed by atoms with Crippen LogP contribution >= 0.6 is 35.1 Å². The predicted octanol–water partition coefficient (Wildman–Crippen LogP) is 5.32. The molecule has 1 N–H and O–H groups in total. The van der Waals surface area contributed by atoms with Crippen molar-refractivity contribution in [1.82, 2.24) is 4.90 Å². The Bertz CT molecular complexity index is 765. The van der Waals surface area contributed by atoms with Gasteiger partial charge in [0, 0.05) is 47.1 Å². The van der Waals surface area contributed by atoms with Crippen molar-refractivity contribution in [3.63, 3.8) is 0 Å². The van der Waals surface area contributed by atoms with E-state index >= 15 is 0 Å². The smallest absolute Gasteiger partial charge is 0.234 e. The molecule has 144 valence electrons. The molecule has 1 aliphatic rings. The van der Waals surface area contributed by atoms with Crippen molar-refractivity contribution in [1.29, 1.82) is 0 Å². The molecular formula is C21H25ClN2OS2. The lowest BCUT2D eigenvalue weighted by Gasteiger charge is -2.26. The van der Waals surface area contributed by atoms with E-state index in [2.05, 4.69) is 29.3 Å². The van der Waals surface area contributed by atoms with E-state index in [0.717, 1.165) is 35.9 Å². The first-order valence-electron chi connectivity index (χ1n) is 9.17. The van der Waals surface area contributed by atoms with Crippen LogP contribution in [0.4, 0.5) is 5.69 Å². The fourth-order valence-electron chi connectivity index (χ4n) is 3.06. The topological polar surface area (TPSA) is 32.3 Å². The van der Waals surface area contributed by atoms with E-state index < -0.39 is 0 Å². The molecule has 3 rings (SSSR count). The van der Waals surface area contributed by atoms with Gasteiger partial charge in [-0.2, -0.15) is 11.8 Å². The summed E-state index contributed by atoms with van der Waals surface area (Å²) < 4.78 is 0. The fraction of sp³-hybridized carbons (Fsp3) is 0.381. The molecule has 0 aromatic heterocycles. The lowest BCUT2D eigenvalue weighted by molar-refractivity contribution is -0.113. The quantitative estimate of drug-likeness (QED) is 0.656. The Morgan fingerprint density at radius 2 is 2.00 bits per heavy atom. The highest BCUT2D eigenvalue weighted by Crippen LogP contribution is 2.32. The first kappa shape index (κ1) is 20.6. The molecule has 27 heavy (non-hydrogen) atoms. The number of amides is 1. The van der Waals surface area contributed by atoms with Gasteiger partial charge in [0.05, 0.1) is 5.75 Å². The maximum absolute atomic E-state index is 12.4. The molecule has 2 aromatic rings. The maximum atomic E-state index is 12.4. The van der Waals surface area contributed by atoms with Crippen molar-refractivity contribution in [2.45, 2.75) is 18.7 Å². The molecule has 1 aliphatic heterocycles. The standard InChI is InChI=1S/C21H25ClN2OS2/c1-16(19-7-2-3-8-20(19)22)27-15-21(25)23-18-6-4-5-17(13-18)14-24-9-11-26-12-10-24/h2-8,13,16H,9-12,14-15H2,1H3,(H,23,25). The van der Waals surface area contributed by atoms with Gasteiger partial charge < -0.3 is 5.32 Å². The molecular weight excluding hydrogens is 396 g/mol. The molecule has 1 saturated heterocycles. The van der Waals surface area contributed by atoms with Gasteiger partial charge in [0.1, 0.15) is 0 Å². The number of anilines is 1. The van der Waals surface area contributed by atoms with Crippen molar-refractivity contribution in [2.75, 3.05) is 35.7 Å². The highest BCUT2D eigenvalue weighted by molar-refractivity contribution is 8.00. The zero-order valence-electron chi connectivity index (χ0n) is 15.5. The molecule has 1 heterocycles. The third-order valence-corrected chi connectivity index (χ3v) is 7.00. The number of carbonyl (C=O) groups is 1. The van der Waals surface area contributed by atoms with Crippen LogP contribution in [0, 0.1) is 0 Å². The van der Waals surface area contributed by atoms with Crippen molar-refractivity contribution in [3.05, 3.63) is 64.7 Å². The number of carbonyl (C=O) groups excluding carboxylic acids is 1. The summed E-state index contributed by atoms with van der Waals surface area (Å²) in [6.07, 6.45) is 0. The van der Waals surface area contributed by atoms with E-state index in [1.54, 1.807) is 11.8 Å². The average Bonchev–Trinajstić information content (AvgIpc) is 2.67. The van der Waals surface area contributed by atoms with E-state index in [-0.39, 0.29) is 11.2 Å². The monoisotopic (exact) mass is 420 g/mol. The summed E-state index contributed by atoms with van der Waals surface area (Å²) >= 11 is 9.86. The van der Waals surface area contributed by atoms with Gasteiger partial charge >= 0.3 is 0 Å². The summed E-state index contributed by atoms with van der Waals surface area (Å²) in [5.74, 6) is 2.83. The Balaban J connectivity index is 1.50. The Morgan fingerprint density at radius 3 is 2.78 bits per heavy atom. The number of thioether (sulfide) groups is 2. The number of hydrogen-bond donors (Lipinski definition) is 1. The molecule has 1 amide bonds. The van der Waals surface area contributed by atoms with Crippen LogP contribution in [-0.2, 0) is 11.3 Å². The lowest BCUT2D eigenvalue weighted by Crippen LogP contribution is -2.31. The normalized spacial score (nSPS) is 16.1. The van der Waals surface area contributed by atoms with E-state index in [9.17, 15) is 4.79 Å². The summed E-state index contributed by atoms with van der Waals surface area (Å²) in [5.41, 5.74) is 3.19. The van der Waals surface area contributed by atoms with Gasteiger partial charge in [-0.25, -0.2) is 0 Å². The van der Waals surface area contributed by atoms with Crippen molar-refractivity contribution < 1.29 is 4.79 Å². The van der Waals surface area contributed by atoms with E-state index in [4.69, 9.17) is 11.6 Å². The first-order valence-corrected chi connectivity index (χ1v) is 11.7. The average molecular weight is 421 g/mol. The number of hydrogen-bond acceptors (Lipinski definition) is 4. The van der Waals surface area contributed by atoms with Crippen LogP contribution < -0.4 is 5.32 Å². The highest BCUT2D eigenvalue weighted by Gasteiger charge is 2.13. The van der Waals surface area contributed by atoms with Crippen LogP contribution in [0.1, 0.15) is 23.3 Å². The van der Waals surface area contributed by atoms with E-state index in [0.29, 0.717) is 5.75 Å². The second kappa shape index (κ2) is 10.4. The van der Waals surface area contributed by atoms with Gasteiger partial charge in [-0.15, -0.1) is 11.8 Å². The van der Waals surface area contributed by atoms with E-state index in [1.165, 1.54) is 17.1 Å². The number of rotatable bonds is 7. The summed E-state index contributed by atoms with van der Waals surface area (Å²) in [5, 5.41) is 3.95. The second-order valence-electron chi connectivity index (χ2n) is 6.61. The Morgan fingerprint density at radius 1 is 1.22 bits per heavy atom. The van der Waals surface area contributed by atoms with Crippen LogP contribution in [0.5, 0.6) is 0 Å². The number of nitrogens with one attached hydrogen (secondary N) is 1. The maximum Gasteiger partial charge on any atom is 0.234 e. The fourth-order valence-corrected chi connectivity index (χ4v) is 5.26. The van der Waals surface area contributed by atoms with Gasteiger partial charge in [0.2, 0.25) is 5.91 Å². The van der Waals surface area contributed by atoms with Crippen LogP contribution in [0.2, 0.25) is 5.02 Å². The minimum absolute atomic E-state index is 0.0189. The molecule has 0 bridgehead atoms. The molecule has 6 heteroatoms. The van der Waals surface area contributed by atoms with Crippen LogP contribution in [0.25, 0.3) is 0 Å². The molecule has 1 fully saturated rings. The van der Waals surface area contributed by atoms with Crippen LogP contribution in [0.15, 0.2) is 48.5 Å². The van der Waals surface area contributed by atoms with Crippen LogP contribution in [-0.4, -0.2) is 41.2 Å². The molecule has 1 unspecified atom stereocenters. The zero-order valence-corrected chi connectivity index (χ0v) is 17.9. The van der Waals surface area contributed by atoms with Gasteiger partial charge in [-0.1, -0.05) is 41.9 Å². The third-order valence-electron chi connectivity index (χ3n) is 4.53. The van der Waals surface area contributed by atoms with Crippen molar-refractivity contribution in [2.24, 2.45) is 0 Å². The molecule has 3 nitrogen and oxygen atoms in total. The molecule has 0 radical (unpaired) electrons. The summed E-state index contributed by atoms with van der Waals surface area (Å²) in [4.78, 5) is 14.8. The third kappa shape index (κ3) is 6.46. The van der Waals surface area contributed by atoms with Crippen LogP contribution in [0.3, 0.4) is 0 Å². The predicted molar refractivity (Wildman–Crippen MR) is 120 cm³/mol. The number of benzene rings is 2. The van der Waals surface area contributed by atoms with Crippen molar-refractivity contribution >= 4 is 46.7 Å². The Hall–Kier alpha value is -1.14. The molecule has 1 atom stereocenters. The zero-order chi connectivity index (χ0) is 19.1. The largest absolute Gasteiger partial charge is 0.325 e.